The molecule has 248 valence electrons. The van der Waals surface area contributed by atoms with Gasteiger partial charge in [0.1, 0.15) is 22.7 Å². The molecule has 0 saturated carbocycles. The van der Waals surface area contributed by atoms with Gasteiger partial charge < -0.3 is 8.83 Å². The summed E-state index contributed by atoms with van der Waals surface area (Å²) < 4.78 is 14.1. The van der Waals surface area contributed by atoms with Crippen LogP contribution in [0.2, 0.25) is 0 Å². The van der Waals surface area contributed by atoms with Crippen molar-refractivity contribution in [3.63, 3.8) is 0 Å². The molecule has 0 aliphatic rings. The van der Waals surface area contributed by atoms with Crippen LogP contribution < -0.4 is 0 Å². The molecule has 8 aromatic carbocycles. The highest BCUT2D eigenvalue weighted by Crippen LogP contribution is 2.52. The van der Waals surface area contributed by atoms with E-state index < -0.39 is 0 Å². The number of rotatable bonds is 4. The van der Waals surface area contributed by atoms with Gasteiger partial charge in [-0.25, -0.2) is 0 Å². The summed E-state index contributed by atoms with van der Waals surface area (Å²) in [6.07, 6.45) is 0. The molecule has 2 aromatic heterocycles. The van der Waals surface area contributed by atoms with Gasteiger partial charge in [0.15, 0.2) is 0 Å². The first kappa shape index (κ1) is 30.4. The summed E-state index contributed by atoms with van der Waals surface area (Å²) in [5.41, 5.74) is 9.59. The van der Waals surface area contributed by atoms with Crippen molar-refractivity contribution < 1.29 is 8.83 Å². The van der Waals surface area contributed by atoms with Crippen LogP contribution >= 0.6 is 0 Å². The van der Waals surface area contributed by atoms with E-state index in [0.29, 0.717) is 0 Å². The molecule has 2 nitrogen and oxygen atoms in total. The second-order valence-electron chi connectivity index (χ2n) is 14.8. The molecular formula is C50H36O2. The molecule has 0 saturated heterocycles. The van der Waals surface area contributed by atoms with Crippen LogP contribution in [-0.2, 0) is 5.41 Å². The fourth-order valence-corrected chi connectivity index (χ4v) is 8.09. The number of benzene rings is 8. The van der Waals surface area contributed by atoms with E-state index in [4.69, 9.17) is 8.83 Å². The molecule has 10 aromatic rings. The van der Waals surface area contributed by atoms with Gasteiger partial charge in [-0.2, -0.15) is 0 Å². The molecule has 0 aliphatic heterocycles. The average molecular weight is 669 g/mol. The molecule has 0 aliphatic carbocycles. The lowest BCUT2D eigenvalue weighted by Gasteiger charge is -2.23. The number of para-hydroxylation sites is 2. The van der Waals surface area contributed by atoms with E-state index in [9.17, 15) is 0 Å². The maximum atomic E-state index is 7.06. The van der Waals surface area contributed by atoms with E-state index in [1.165, 1.54) is 16.3 Å². The second kappa shape index (κ2) is 11.6. The fourth-order valence-electron chi connectivity index (χ4n) is 8.09. The van der Waals surface area contributed by atoms with Gasteiger partial charge in [-0.05, 0) is 84.8 Å². The van der Waals surface area contributed by atoms with Crippen molar-refractivity contribution in [2.45, 2.75) is 26.2 Å². The molecule has 0 N–H and O–H groups in total. The summed E-state index contributed by atoms with van der Waals surface area (Å²) in [5.74, 6) is 1.75. The Kier molecular flexibility index (Phi) is 6.78. The third kappa shape index (κ3) is 4.72. The molecule has 2 heterocycles. The smallest absolute Gasteiger partial charge is 0.144 e. The van der Waals surface area contributed by atoms with Crippen LogP contribution in [0.5, 0.6) is 0 Å². The lowest BCUT2D eigenvalue weighted by molar-refractivity contribution is 0.591. The predicted molar refractivity (Wildman–Crippen MR) is 219 cm³/mol. The summed E-state index contributed by atoms with van der Waals surface area (Å²) >= 11 is 0. The Morgan fingerprint density at radius 1 is 0.346 bits per heavy atom. The molecule has 10 rings (SSSR count). The zero-order chi connectivity index (χ0) is 35.0. The molecule has 0 atom stereocenters. The lowest BCUT2D eigenvalue weighted by Crippen LogP contribution is -2.10. The largest absolute Gasteiger partial charge is 0.455 e. The first-order valence-electron chi connectivity index (χ1n) is 18.0. The van der Waals surface area contributed by atoms with Gasteiger partial charge >= 0.3 is 0 Å². The standard InChI is InChI=1S/C50H36O2/c1-50(2,3)35-26-27-36-41(30-35)47(49-45(32-18-8-5-9-19-32)38-23-13-15-25-43(38)52-49)40-29-34-21-11-10-20-33(34)28-39(40)46(36)48-44(31-16-6-4-7-17-31)37-22-12-14-24-42(37)51-48/h4-30H,1-3H3. The van der Waals surface area contributed by atoms with Crippen molar-refractivity contribution in [3.05, 3.63) is 169 Å². The predicted octanol–water partition coefficient (Wildman–Crippen LogP) is 14.6. The van der Waals surface area contributed by atoms with Gasteiger partial charge in [0.25, 0.3) is 0 Å². The van der Waals surface area contributed by atoms with Crippen LogP contribution in [-0.4, -0.2) is 0 Å². The van der Waals surface area contributed by atoms with Crippen molar-refractivity contribution in [2.24, 2.45) is 0 Å². The van der Waals surface area contributed by atoms with Crippen molar-refractivity contribution in [2.75, 3.05) is 0 Å². The molecule has 0 unspecified atom stereocenters. The summed E-state index contributed by atoms with van der Waals surface area (Å²) in [5, 5.41) is 9.08. The van der Waals surface area contributed by atoms with Gasteiger partial charge in [-0.15, -0.1) is 0 Å². The minimum atomic E-state index is -0.0747. The molecule has 2 heteroatoms. The maximum Gasteiger partial charge on any atom is 0.144 e. The van der Waals surface area contributed by atoms with Crippen LogP contribution in [0.4, 0.5) is 0 Å². The zero-order valence-corrected chi connectivity index (χ0v) is 29.4. The molecule has 52 heavy (non-hydrogen) atoms. The number of fused-ring (bicyclic) bond motifs is 5. The molecule has 0 spiro atoms. The van der Waals surface area contributed by atoms with Crippen LogP contribution in [0.15, 0.2) is 173 Å². The second-order valence-corrected chi connectivity index (χ2v) is 14.8. The minimum Gasteiger partial charge on any atom is -0.455 e. The maximum absolute atomic E-state index is 7.06. The quantitative estimate of drug-likeness (QED) is 0.175. The van der Waals surface area contributed by atoms with Crippen LogP contribution in [0, 0.1) is 0 Å². The van der Waals surface area contributed by atoms with Crippen molar-refractivity contribution >= 4 is 54.3 Å². The molecule has 0 radical (unpaired) electrons. The Morgan fingerprint density at radius 2 is 0.769 bits per heavy atom. The zero-order valence-electron chi connectivity index (χ0n) is 29.4. The van der Waals surface area contributed by atoms with Crippen LogP contribution in [0.25, 0.3) is 99.2 Å². The highest BCUT2D eigenvalue weighted by molar-refractivity contribution is 6.26. The van der Waals surface area contributed by atoms with Crippen molar-refractivity contribution in [1.82, 2.24) is 0 Å². The van der Waals surface area contributed by atoms with Gasteiger partial charge in [0, 0.05) is 33.0 Å². The van der Waals surface area contributed by atoms with E-state index in [2.05, 4.69) is 185 Å². The summed E-state index contributed by atoms with van der Waals surface area (Å²) in [6.45, 7) is 6.85. The topological polar surface area (TPSA) is 26.3 Å². The highest BCUT2D eigenvalue weighted by Gasteiger charge is 2.28. The Balaban J connectivity index is 1.45. The first-order valence-corrected chi connectivity index (χ1v) is 18.0. The lowest BCUT2D eigenvalue weighted by atomic mass is 9.81. The van der Waals surface area contributed by atoms with Crippen LogP contribution in [0.1, 0.15) is 26.3 Å². The van der Waals surface area contributed by atoms with E-state index in [1.54, 1.807) is 0 Å². The minimum absolute atomic E-state index is 0.0747. The molecule has 0 bridgehead atoms. The fraction of sp³-hybridized carbons (Fsp3) is 0.0800. The van der Waals surface area contributed by atoms with E-state index in [1.807, 2.05) is 0 Å². The SMILES string of the molecule is CC(C)(C)c1ccc2c(-c3oc4ccccc4c3-c3ccccc3)c3cc4ccccc4cc3c(-c3oc4ccccc4c3-c3ccccc3)c2c1. The Morgan fingerprint density at radius 3 is 1.27 bits per heavy atom. The molecule has 0 amide bonds. The van der Waals surface area contributed by atoms with E-state index in [-0.39, 0.29) is 5.41 Å². The number of hydrogen-bond donors (Lipinski definition) is 0. The average Bonchev–Trinajstić information content (AvgIpc) is 3.75. The van der Waals surface area contributed by atoms with Gasteiger partial charge in [-0.1, -0.05) is 154 Å². The van der Waals surface area contributed by atoms with Crippen LogP contribution in [0.3, 0.4) is 0 Å². The summed E-state index contributed by atoms with van der Waals surface area (Å²) in [4.78, 5) is 0. The van der Waals surface area contributed by atoms with Gasteiger partial charge in [0.05, 0.1) is 0 Å². The van der Waals surface area contributed by atoms with E-state index in [0.717, 1.165) is 88.4 Å². The monoisotopic (exact) mass is 668 g/mol. The molecule has 0 fully saturated rings. The number of hydrogen-bond acceptors (Lipinski definition) is 2. The van der Waals surface area contributed by atoms with Gasteiger partial charge in [0.2, 0.25) is 0 Å². The summed E-state index contributed by atoms with van der Waals surface area (Å²) in [7, 11) is 0. The Hall–Kier alpha value is -6.38. The molecular weight excluding hydrogens is 633 g/mol. The van der Waals surface area contributed by atoms with Gasteiger partial charge in [-0.3, -0.25) is 0 Å². The highest BCUT2D eigenvalue weighted by atomic mass is 16.3. The normalized spacial score (nSPS) is 12.1. The summed E-state index contributed by atoms with van der Waals surface area (Å²) in [6, 6.07) is 58.6. The van der Waals surface area contributed by atoms with E-state index >= 15 is 0 Å². The number of furan rings is 2. The third-order valence-corrected chi connectivity index (χ3v) is 10.6. The Labute approximate surface area is 302 Å². The third-order valence-electron chi connectivity index (χ3n) is 10.6. The van der Waals surface area contributed by atoms with Crippen molar-refractivity contribution in [1.29, 1.82) is 0 Å². The first-order chi connectivity index (χ1) is 25.4. The Bertz CT molecular complexity index is 2970. The van der Waals surface area contributed by atoms with Crippen molar-refractivity contribution in [3.8, 4) is 44.9 Å².